The number of nitrogens with one attached hydrogen (secondary N) is 1. The number of hydrogen-bond donors (Lipinski definition) is 1. The molecular weight excluding hydrogens is 496 g/mol. The van der Waals surface area contributed by atoms with Crippen LogP contribution in [0, 0.1) is 11.3 Å². The Morgan fingerprint density at radius 2 is 1.69 bits per heavy atom. The van der Waals surface area contributed by atoms with Gasteiger partial charge in [0.1, 0.15) is 24.0 Å². The summed E-state index contributed by atoms with van der Waals surface area (Å²) in [6.07, 6.45) is 1.55. The standard InChI is InChI=1S/C23H16Br2N2O2/c24-19-9-5-17(6-10-19)15-29-20-11-7-16(8-12-20)13-18(14-26)23(28)27-22-4-2-1-3-21(22)25/h1-13H,15H2,(H,27,28). The topological polar surface area (TPSA) is 62.1 Å². The van der Waals surface area contributed by atoms with Crippen LogP contribution in [-0.2, 0) is 11.4 Å². The highest BCUT2D eigenvalue weighted by atomic mass is 79.9. The summed E-state index contributed by atoms with van der Waals surface area (Å²) >= 11 is 6.78. The van der Waals surface area contributed by atoms with E-state index in [-0.39, 0.29) is 5.57 Å². The fourth-order valence-corrected chi connectivity index (χ4v) is 3.12. The van der Waals surface area contributed by atoms with Crippen molar-refractivity contribution in [1.82, 2.24) is 0 Å². The second kappa shape index (κ2) is 10.1. The molecule has 0 aliphatic rings. The van der Waals surface area contributed by atoms with Gasteiger partial charge in [-0.3, -0.25) is 4.79 Å². The van der Waals surface area contributed by atoms with E-state index in [1.165, 1.54) is 0 Å². The molecule has 4 nitrogen and oxygen atoms in total. The third kappa shape index (κ3) is 6.05. The number of hydrogen-bond acceptors (Lipinski definition) is 3. The molecule has 6 heteroatoms. The molecule has 0 aromatic heterocycles. The van der Waals surface area contributed by atoms with Crippen molar-refractivity contribution in [3.8, 4) is 11.8 Å². The largest absolute Gasteiger partial charge is 0.489 e. The van der Waals surface area contributed by atoms with E-state index in [0.29, 0.717) is 18.0 Å². The van der Waals surface area contributed by atoms with Crippen LogP contribution < -0.4 is 10.1 Å². The summed E-state index contributed by atoms with van der Waals surface area (Å²) < 4.78 is 7.54. The van der Waals surface area contributed by atoms with E-state index in [2.05, 4.69) is 37.2 Å². The smallest absolute Gasteiger partial charge is 0.266 e. The molecule has 0 heterocycles. The molecule has 0 atom stereocenters. The Morgan fingerprint density at radius 3 is 2.34 bits per heavy atom. The van der Waals surface area contributed by atoms with Gasteiger partial charge in [-0.25, -0.2) is 0 Å². The molecule has 0 aliphatic carbocycles. The van der Waals surface area contributed by atoms with Crippen molar-refractivity contribution in [3.05, 3.63) is 98.4 Å². The first kappa shape index (κ1) is 20.8. The van der Waals surface area contributed by atoms with Crippen molar-refractivity contribution in [2.24, 2.45) is 0 Å². The molecule has 29 heavy (non-hydrogen) atoms. The molecule has 144 valence electrons. The molecule has 0 bridgehead atoms. The molecule has 3 aromatic carbocycles. The van der Waals surface area contributed by atoms with Gasteiger partial charge in [-0.1, -0.05) is 52.3 Å². The van der Waals surface area contributed by atoms with Crippen LogP contribution in [0.15, 0.2) is 87.3 Å². The van der Waals surface area contributed by atoms with Crippen LogP contribution in [0.5, 0.6) is 5.75 Å². The lowest BCUT2D eigenvalue weighted by atomic mass is 10.1. The Hall–Kier alpha value is -2.88. The van der Waals surface area contributed by atoms with Gasteiger partial charge in [0.25, 0.3) is 5.91 Å². The second-order valence-corrected chi connectivity index (χ2v) is 7.86. The number of amides is 1. The molecule has 1 amide bonds. The van der Waals surface area contributed by atoms with Crippen molar-refractivity contribution < 1.29 is 9.53 Å². The summed E-state index contributed by atoms with van der Waals surface area (Å²) in [7, 11) is 0. The molecule has 1 N–H and O–H groups in total. The van der Waals surface area contributed by atoms with Gasteiger partial charge in [0.15, 0.2) is 0 Å². The summed E-state index contributed by atoms with van der Waals surface area (Å²) in [6, 6.07) is 24.3. The summed E-state index contributed by atoms with van der Waals surface area (Å²) in [5.74, 6) is 0.246. The normalized spacial score (nSPS) is 10.9. The highest BCUT2D eigenvalue weighted by Gasteiger charge is 2.11. The Balaban J connectivity index is 1.65. The van der Waals surface area contributed by atoms with Crippen molar-refractivity contribution in [2.75, 3.05) is 5.32 Å². The van der Waals surface area contributed by atoms with Gasteiger partial charge in [0.05, 0.1) is 5.69 Å². The van der Waals surface area contributed by atoms with Crippen LogP contribution in [0.2, 0.25) is 0 Å². The number of nitrogens with zero attached hydrogens (tertiary/aromatic N) is 1. The van der Waals surface area contributed by atoms with Crippen molar-refractivity contribution in [3.63, 3.8) is 0 Å². The Bertz CT molecular complexity index is 1070. The van der Waals surface area contributed by atoms with E-state index < -0.39 is 5.91 Å². The first-order valence-corrected chi connectivity index (χ1v) is 10.3. The van der Waals surface area contributed by atoms with Crippen LogP contribution in [0.1, 0.15) is 11.1 Å². The van der Waals surface area contributed by atoms with Crippen LogP contribution in [0.4, 0.5) is 5.69 Å². The minimum absolute atomic E-state index is 0.0179. The van der Waals surface area contributed by atoms with Gasteiger partial charge < -0.3 is 10.1 Å². The molecule has 0 radical (unpaired) electrons. The lowest BCUT2D eigenvalue weighted by molar-refractivity contribution is -0.112. The average Bonchev–Trinajstić information content (AvgIpc) is 2.74. The number of nitriles is 1. The number of anilines is 1. The summed E-state index contributed by atoms with van der Waals surface area (Å²) in [5.41, 5.74) is 2.42. The van der Waals surface area contributed by atoms with Crippen LogP contribution in [0.3, 0.4) is 0 Å². The van der Waals surface area contributed by atoms with Crippen LogP contribution in [-0.4, -0.2) is 5.91 Å². The molecule has 0 fully saturated rings. The quantitative estimate of drug-likeness (QED) is 0.310. The molecule has 0 saturated carbocycles. The lowest BCUT2D eigenvalue weighted by Gasteiger charge is -2.08. The molecule has 0 saturated heterocycles. The van der Waals surface area contributed by atoms with E-state index in [1.54, 1.807) is 24.3 Å². The highest BCUT2D eigenvalue weighted by Crippen LogP contribution is 2.22. The maximum absolute atomic E-state index is 12.4. The van der Waals surface area contributed by atoms with Gasteiger partial charge >= 0.3 is 0 Å². The molecule has 3 aromatic rings. The number of halogens is 2. The number of ether oxygens (including phenoxy) is 1. The van der Waals surface area contributed by atoms with Gasteiger partial charge in [0.2, 0.25) is 0 Å². The monoisotopic (exact) mass is 510 g/mol. The predicted molar refractivity (Wildman–Crippen MR) is 121 cm³/mol. The van der Waals surface area contributed by atoms with E-state index in [0.717, 1.165) is 20.1 Å². The van der Waals surface area contributed by atoms with E-state index >= 15 is 0 Å². The first-order valence-electron chi connectivity index (χ1n) is 8.70. The summed E-state index contributed by atoms with van der Waals surface area (Å²) in [6.45, 7) is 0.459. The maximum Gasteiger partial charge on any atom is 0.266 e. The summed E-state index contributed by atoms with van der Waals surface area (Å²) in [4.78, 5) is 12.4. The minimum atomic E-state index is -0.463. The van der Waals surface area contributed by atoms with Crippen molar-refractivity contribution >= 4 is 49.5 Å². The molecule has 0 aliphatic heterocycles. The van der Waals surface area contributed by atoms with Crippen LogP contribution in [0.25, 0.3) is 6.08 Å². The fourth-order valence-electron chi connectivity index (χ4n) is 2.48. The number of carbonyl (C=O) groups excluding carboxylic acids is 1. The maximum atomic E-state index is 12.4. The zero-order valence-electron chi connectivity index (χ0n) is 15.2. The fraction of sp³-hybridized carbons (Fsp3) is 0.0435. The second-order valence-electron chi connectivity index (χ2n) is 6.09. The average molecular weight is 512 g/mol. The zero-order valence-corrected chi connectivity index (χ0v) is 18.4. The highest BCUT2D eigenvalue weighted by molar-refractivity contribution is 9.10. The van der Waals surface area contributed by atoms with E-state index in [9.17, 15) is 10.1 Å². The minimum Gasteiger partial charge on any atom is -0.489 e. The SMILES string of the molecule is N#CC(=Cc1ccc(OCc2ccc(Br)cc2)cc1)C(=O)Nc1ccccc1Br. The van der Waals surface area contributed by atoms with Crippen molar-refractivity contribution in [2.45, 2.75) is 6.61 Å². The van der Waals surface area contributed by atoms with E-state index in [1.807, 2.05) is 60.7 Å². The molecule has 3 rings (SSSR count). The van der Waals surface area contributed by atoms with Gasteiger partial charge in [0, 0.05) is 8.95 Å². The van der Waals surface area contributed by atoms with Gasteiger partial charge in [-0.2, -0.15) is 5.26 Å². The molecule has 0 unspecified atom stereocenters. The molecule has 0 spiro atoms. The Labute approximate surface area is 186 Å². The van der Waals surface area contributed by atoms with Gasteiger partial charge in [-0.15, -0.1) is 0 Å². The van der Waals surface area contributed by atoms with Gasteiger partial charge in [-0.05, 0) is 69.5 Å². The third-order valence-electron chi connectivity index (χ3n) is 4.00. The zero-order chi connectivity index (χ0) is 20.6. The summed E-state index contributed by atoms with van der Waals surface area (Å²) in [5, 5.41) is 12.1. The lowest BCUT2D eigenvalue weighted by Crippen LogP contribution is -2.13. The Morgan fingerprint density at radius 1 is 1.00 bits per heavy atom. The number of rotatable bonds is 6. The number of benzene rings is 3. The Kier molecular flexibility index (Phi) is 7.23. The number of para-hydroxylation sites is 1. The first-order chi connectivity index (χ1) is 14.0. The van der Waals surface area contributed by atoms with E-state index in [4.69, 9.17) is 4.74 Å². The van der Waals surface area contributed by atoms with Crippen LogP contribution >= 0.6 is 31.9 Å². The molecular formula is C23H16Br2N2O2. The third-order valence-corrected chi connectivity index (χ3v) is 5.22. The predicted octanol–water partition coefficient (Wildman–Crippen LogP) is 6.34. The number of carbonyl (C=O) groups is 1. The van der Waals surface area contributed by atoms with Crippen molar-refractivity contribution in [1.29, 1.82) is 5.26 Å².